The third-order valence-electron chi connectivity index (χ3n) is 2.79. The van der Waals surface area contributed by atoms with E-state index >= 15 is 0 Å². The number of hydrogen-bond donors (Lipinski definition) is 0. The summed E-state index contributed by atoms with van der Waals surface area (Å²) in [6, 6.07) is 8.96. The van der Waals surface area contributed by atoms with Gasteiger partial charge in [-0.3, -0.25) is 0 Å². The van der Waals surface area contributed by atoms with Crippen molar-refractivity contribution < 1.29 is 18.7 Å². The fraction of sp³-hybridized carbons (Fsp3) is 0.133. The van der Waals surface area contributed by atoms with Crippen LogP contribution in [0.1, 0.15) is 10.4 Å². The summed E-state index contributed by atoms with van der Waals surface area (Å²) in [5.41, 5.74) is 1.22. The van der Waals surface area contributed by atoms with E-state index in [2.05, 4.69) is 4.74 Å². The highest BCUT2D eigenvalue weighted by Crippen LogP contribution is 2.33. The lowest BCUT2D eigenvalue weighted by molar-refractivity contribution is 0.0600. The van der Waals surface area contributed by atoms with Crippen LogP contribution in [0.25, 0.3) is 11.1 Å². The third kappa shape index (κ3) is 2.91. The Balaban J connectivity index is 2.60. The Labute approximate surface area is 120 Å². The van der Waals surface area contributed by atoms with Crippen LogP contribution in [-0.2, 0) is 4.74 Å². The average molecular weight is 295 g/mol. The molecule has 0 radical (unpaired) electrons. The van der Waals surface area contributed by atoms with Gasteiger partial charge in [0.15, 0.2) is 0 Å². The monoisotopic (exact) mass is 294 g/mol. The third-order valence-corrected chi connectivity index (χ3v) is 3.03. The summed E-state index contributed by atoms with van der Waals surface area (Å²) in [5, 5.41) is 0.490. The number of carbonyl (C=O) groups is 1. The second-order valence-electron chi connectivity index (χ2n) is 4.06. The summed E-state index contributed by atoms with van der Waals surface area (Å²) in [6.07, 6.45) is 0. The van der Waals surface area contributed by atoms with E-state index in [0.717, 1.165) is 6.07 Å². The van der Waals surface area contributed by atoms with Crippen LogP contribution in [0.3, 0.4) is 0 Å². The molecule has 0 spiro atoms. The molecule has 5 heteroatoms. The SMILES string of the molecule is COC(=O)c1cc(F)cc(-c2cc(Cl)ccc2OC)c1. The Morgan fingerprint density at radius 3 is 2.55 bits per heavy atom. The molecule has 0 unspecified atom stereocenters. The number of rotatable bonds is 3. The molecule has 2 rings (SSSR count). The largest absolute Gasteiger partial charge is 0.496 e. The molecule has 3 nitrogen and oxygen atoms in total. The van der Waals surface area contributed by atoms with Crippen LogP contribution in [0.15, 0.2) is 36.4 Å². The van der Waals surface area contributed by atoms with Crippen LogP contribution in [0.5, 0.6) is 5.75 Å². The van der Waals surface area contributed by atoms with Gasteiger partial charge in [0, 0.05) is 10.6 Å². The molecule has 0 saturated carbocycles. The van der Waals surface area contributed by atoms with E-state index in [-0.39, 0.29) is 5.56 Å². The molecular formula is C15H12ClFO3. The van der Waals surface area contributed by atoms with Crippen molar-refractivity contribution in [2.45, 2.75) is 0 Å². The van der Waals surface area contributed by atoms with Gasteiger partial charge in [-0.2, -0.15) is 0 Å². The first kappa shape index (κ1) is 14.3. The summed E-state index contributed by atoms with van der Waals surface area (Å²) in [7, 11) is 2.75. The molecule has 0 aliphatic carbocycles. The molecule has 0 aliphatic heterocycles. The molecule has 104 valence electrons. The zero-order chi connectivity index (χ0) is 14.7. The summed E-state index contributed by atoms with van der Waals surface area (Å²) >= 11 is 5.95. The van der Waals surface area contributed by atoms with E-state index < -0.39 is 11.8 Å². The highest BCUT2D eigenvalue weighted by Gasteiger charge is 2.13. The van der Waals surface area contributed by atoms with E-state index in [1.807, 2.05) is 0 Å². The lowest BCUT2D eigenvalue weighted by Gasteiger charge is -2.10. The maximum Gasteiger partial charge on any atom is 0.337 e. The summed E-state index contributed by atoms with van der Waals surface area (Å²) in [6.45, 7) is 0. The van der Waals surface area contributed by atoms with Gasteiger partial charge in [-0.25, -0.2) is 9.18 Å². The number of carbonyl (C=O) groups excluding carboxylic acids is 1. The molecule has 0 heterocycles. The lowest BCUT2D eigenvalue weighted by atomic mass is 10.0. The van der Waals surface area contributed by atoms with E-state index in [0.29, 0.717) is 21.9 Å². The molecule has 0 fully saturated rings. The lowest BCUT2D eigenvalue weighted by Crippen LogP contribution is -2.02. The van der Waals surface area contributed by atoms with Gasteiger partial charge in [0.2, 0.25) is 0 Å². The van der Waals surface area contributed by atoms with Gasteiger partial charge in [0.25, 0.3) is 0 Å². The van der Waals surface area contributed by atoms with E-state index in [9.17, 15) is 9.18 Å². The van der Waals surface area contributed by atoms with E-state index in [4.69, 9.17) is 16.3 Å². The predicted molar refractivity (Wildman–Crippen MR) is 74.7 cm³/mol. The zero-order valence-electron chi connectivity index (χ0n) is 10.9. The minimum atomic E-state index is -0.605. The highest BCUT2D eigenvalue weighted by molar-refractivity contribution is 6.31. The Morgan fingerprint density at radius 1 is 1.15 bits per heavy atom. The van der Waals surface area contributed by atoms with Crippen LogP contribution < -0.4 is 4.74 Å². The van der Waals surface area contributed by atoms with Crippen LogP contribution in [0, 0.1) is 5.82 Å². The summed E-state index contributed by atoms with van der Waals surface area (Å²) < 4.78 is 23.5. The van der Waals surface area contributed by atoms with E-state index in [1.54, 1.807) is 18.2 Å². The van der Waals surface area contributed by atoms with Crippen molar-refractivity contribution in [2.24, 2.45) is 0 Å². The molecule has 0 aliphatic rings. The first-order valence-corrected chi connectivity index (χ1v) is 6.15. The molecule has 2 aromatic rings. The van der Waals surface area contributed by atoms with Crippen molar-refractivity contribution in [2.75, 3.05) is 14.2 Å². The Bertz CT molecular complexity index is 656. The van der Waals surface area contributed by atoms with Crippen molar-refractivity contribution in [3.05, 3.63) is 52.8 Å². The Kier molecular flexibility index (Phi) is 4.25. The van der Waals surface area contributed by atoms with Crippen LogP contribution in [-0.4, -0.2) is 20.2 Å². The first-order valence-electron chi connectivity index (χ1n) is 5.78. The van der Waals surface area contributed by atoms with Crippen LogP contribution >= 0.6 is 11.6 Å². The topological polar surface area (TPSA) is 35.5 Å². The van der Waals surface area contributed by atoms with Gasteiger partial charge in [-0.1, -0.05) is 11.6 Å². The molecule has 0 N–H and O–H groups in total. The molecule has 0 bridgehead atoms. The molecule has 20 heavy (non-hydrogen) atoms. The number of benzene rings is 2. The smallest absolute Gasteiger partial charge is 0.337 e. The van der Waals surface area contributed by atoms with E-state index in [1.165, 1.54) is 26.4 Å². The van der Waals surface area contributed by atoms with Crippen LogP contribution in [0.4, 0.5) is 4.39 Å². The molecule has 0 amide bonds. The quantitative estimate of drug-likeness (QED) is 0.804. The van der Waals surface area contributed by atoms with Gasteiger partial charge < -0.3 is 9.47 Å². The van der Waals surface area contributed by atoms with Crippen molar-refractivity contribution in [1.29, 1.82) is 0 Å². The normalized spacial score (nSPS) is 10.2. The second kappa shape index (κ2) is 5.92. The highest BCUT2D eigenvalue weighted by atomic mass is 35.5. The number of ether oxygens (including phenoxy) is 2. The number of halogens is 2. The van der Waals surface area contributed by atoms with Gasteiger partial charge in [0.1, 0.15) is 11.6 Å². The number of methoxy groups -OCH3 is 2. The summed E-state index contributed by atoms with van der Waals surface area (Å²) in [4.78, 5) is 11.5. The Hall–Kier alpha value is -2.07. The number of esters is 1. The van der Waals surface area contributed by atoms with Crippen LogP contribution in [0.2, 0.25) is 5.02 Å². The second-order valence-corrected chi connectivity index (χ2v) is 4.50. The first-order chi connectivity index (χ1) is 9.55. The molecule has 0 aromatic heterocycles. The fourth-order valence-corrected chi connectivity index (χ4v) is 2.06. The minimum absolute atomic E-state index is 0.129. The fourth-order valence-electron chi connectivity index (χ4n) is 1.89. The van der Waals surface area contributed by atoms with Gasteiger partial charge >= 0.3 is 5.97 Å². The molecule has 0 atom stereocenters. The summed E-state index contributed by atoms with van der Waals surface area (Å²) in [5.74, 6) is -0.604. The number of hydrogen-bond acceptors (Lipinski definition) is 3. The average Bonchev–Trinajstić information content (AvgIpc) is 2.45. The van der Waals surface area contributed by atoms with Gasteiger partial charge in [-0.05, 0) is 42.0 Å². The van der Waals surface area contributed by atoms with Gasteiger partial charge in [-0.15, -0.1) is 0 Å². The standard InChI is InChI=1S/C15H12ClFO3/c1-19-14-4-3-11(16)8-13(14)9-5-10(15(18)20-2)7-12(17)6-9/h3-8H,1-2H3. The zero-order valence-corrected chi connectivity index (χ0v) is 11.7. The van der Waals surface area contributed by atoms with Crippen molar-refractivity contribution in [3.63, 3.8) is 0 Å². The van der Waals surface area contributed by atoms with Crippen molar-refractivity contribution in [3.8, 4) is 16.9 Å². The van der Waals surface area contributed by atoms with Crippen molar-refractivity contribution in [1.82, 2.24) is 0 Å². The minimum Gasteiger partial charge on any atom is -0.496 e. The predicted octanol–water partition coefficient (Wildman–Crippen LogP) is 3.94. The Morgan fingerprint density at radius 2 is 1.90 bits per heavy atom. The van der Waals surface area contributed by atoms with Gasteiger partial charge in [0.05, 0.1) is 19.8 Å². The maximum atomic E-state index is 13.7. The molecular weight excluding hydrogens is 283 g/mol. The molecule has 2 aromatic carbocycles. The molecule has 0 saturated heterocycles. The van der Waals surface area contributed by atoms with Crippen molar-refractivity contribution >= 4 is 17.6 Å². The maximum absolute atomic E-state index is 13.7.